The Morgan fingerprint density at radius 3 is 3.00 bits per heavy atom. The third kappa shape index (κ3) is 2.97. The molecule has 2 rings (SSSR count). The molecule has 0 atom stereocenters. The number of hydrogen-bond acceptors (Lipinski definition) is 6. The third-order valence-corrected chi connectivity index (χ3v) is 2.95. The Kier molecular flexibility index (Phi) is 3.17. The lowest BCUT2D eigenvalue weighted by Gasteiger charge is -2.01. The normalized spacial score (nSPS) is 11.9. The van der Waals surface area contributed by atoms with Crippen molar-refractivity contribution in [1.82, 2.24) is 10.1 Å². The molecule has 16 heavy (non-hydrogen) atoms. The maximum absolute atomic E-state index is 10.5. The topological polar surface area (TPSA) is 106 Å². The molecule has 0 amide bonds. The van der Waals surface area contributed by atoms with Crippen molar-refractivity contribution < 1.29 is 23.4 Å². The molecular weight excluding hydrogens is 255 g/mol. The Morgan fingerprint density at radius 2 is 2.38 bits per heavy atom. The summed E-state index contributed by atoms with van der Waals surface area (Å²) in [5.41, 5.74) is 0.430. The monoisotopic (exact) mass is 262 g/mol. The predicted octanol–water partition coefficient (Wildman–Crippen LogP) is 1.41. The largest absolute Gasteiger partial charge is 0.469 e. The van der Waals surface area contributed by atoms with Gasteiger partial charge >= 0.3 is 7.82 Å². The van der Waals surface area contributed by atoms with Crippen LogP contribution in [-0.4, -0.2) is 19.9 Å². The number of hydrogen-bond donors (Lipinski definition) is 2. The molecule has 0 saturated heterocycles. The second kappa shape index (κ2) is 4.44. The van der Waals surface area contributed by atoms with Crippen LogP contribution in [0.2, 0.25) is 0 Å². The van der Waals surface area contributed by atoms with E-state index in [9.17, 15) is 4.57 Å². The number of nitrogens with zero attached hydrogens (tertiary/aromatic N) is 2. The van der Waals surface area contributed by atoms with Gasteiger partial charge < -0.3 is 14.3 Å². The Bertz CT molecular complexity index is 505. The van der Waals surface area contributed by atoms with Crippen molar-refractivity contribution in [2.75, 3.05) is 0 Å². The average Bonchev–Trinajstić information content (AvgIpc) is 2.84. The molecule has 0 unspecified atom stereocenters. The Balaban J connectivity index is 2.06. The molecule has 0 aromatic carbocycles. The third-order valence-electron chi connectivity index (χ3n) is 1.58. The zero-order valence-corrected chi connectivity index (χ0v) is 9.52. The first-order chi connectivity index (χ1) is 7.54. The number of aromatic nitrogens is 2. The van der Waals surface area contributed by atoms with Gasteiger partial charge in [0.05, 0.1) is 11.9 Å². The lowest BCUT2D eigenvalue weighted by molar-refractivity contribution is 0.187. The summed E-state index contributed by atoms with van der Waals surface area (Å²) in [7, 11) is -4.45. The van der Waals surface area contributed by atoms with E-state index in [-0.39, 0.29) is 6.61 Å². The van der Waals surface area contributed by atoms with Crippen molar-refractivity contribution >= 4 is 19.2 Å². The molecule has 2 heterocycles. The number of rotatable bonds is 4. The van der Waals surface area contributed by atoms with Gasteiger partial charge in [0.2, 0.25) is 0 Å². The molecule has 2 N–H and O–H groups in total. The minimum atomic E-state index is -4.45. The highest BCUT2D eigenvalue weighted by atomic mass is 32.1. The van der Waals surface area contributed by atoms with Crippen LogP contribution in [0.5, 0.6) is 0 Å². The first kappa shape index (κ1) is 11.4. The van der Waals surface area contributed by atoms with Crippen LogP contribution >= 0.6 is 19.2 Å². The highest BCUT2D eigenvalue weighted by Crippen LogP contribution is 2.37. The Hall–Kier alpha value is -1.05. The van der Waals surface area contributed by atoms with E-state index in [1.165, 1.54) is 17.5 Å². The van der Waals surface area contributed by atoms with E-state index in [0.717, 1.165) is 0 Å². The minimum absolute atomic E-state index is 0.241. The summed E-state index contributed by atoms with van der Waals surface area (Å²) in [6.45, 7) is -0.241. The van der Waals surface area contributed by atoms with Gasteiger partial charge in [-0.1, -0.05) is 5.16 Å². The van der Waals surface area contributed by atoms with Gasteiger partial charge in [-0.15, -0.1) is 11.3 Å². The van der Waals surface area contributed by atoms with E-state index >= 15 is 0 Å². The molecule has 0 aliphatic carbocycles. The molecule has 0 bridgehead atoms. The van der Waals surface area contributed by atoms with Crippen molar-refractivity contribution in [3.63, 3.8) is 0 Å². The molecule has 0 radical (unpaired) electrons. The van der Waals surface area contributed by atoms with Crippen LogP contribution in [0.4, 0.5) is 0 Å². The molecule has 0 spiro atoms. The second-order valence-corrected chi connectivity index (χ2v) is 4.88. The molecule has 0 aliphatic heterocycles. The fraction of sp³-hybridized carbons (Fsp3) is 0.143. The number of phosphoric acid groups is 1. The van der Waals surface area contributed by atoms with Crippen molar-refractivity contribution in [2.45, 2.75) is 6.61 Å². The average molecular weight is 262 g/mol. The Labute approximate surface area is 93.9 Å². The van der Waals surface area contributed by atoms with Gasteiger partial charge in [-0.2, -0.15) is 0 Å². The van der Waals surface area contributed by atoms with Gasteiger partial charge in [-0.25, -0.2) is 9.55 Å². The van der Waals surface area contributed by atoms with Crippen LogP contribution in [0.3, 0.4) is 0 Å². The van der Waals surface area contributed by atoms with Crippen molar-refractivity contribution in [3.8, 4) is 10.8 Å². The van der Waals surface area contributed by atoms with E-state index in [0.29, 0.717) is 16.5 Å². The molecule has 7 nitrogen and oxygen atoms in total. The molecule has 0 aliphatic rings. The molecule has 9 heteroatoms. The smallest absolute Gasteiger partial charge is 0.354 e. The van der Waals surface area contributed by atoms with E-state index in [1.54, 1.807) is 11.4 Å². The molecule has 0 saturated carbocycles. The van der Waals surface area contributed by atoms with Crippen LogP contribution in [0.25, 0.3) is 10.8 Å². The van der Waals surface area contributed by atoms with Gasteiger partial charge in [-0.05, 0) is 0 Å². The van der Waals surface area contributed by atoms with E-state index in [1.807, 2.05) is 0 Å². The number of phosphoric ester groups is 1. The van der Waals surface area contributed by atoms with Gasteiger partial charge in [0.1, 0.15) is 6.61 Å². The zero-order chi connectivity index (χ0) is 11.6. The summed E-state index contributed by atoms with van der Waals surface area (Å²) >= 11 is 1.28. The van der Waals surface area contributed by atoms with Crippen LogP contribution < -0.4 is 0 Å². The molecule has 2 aromatic rings. The maximum atomic E-state index is 10.5. The lowest BCUT2D eigenvalue weighted by atomic mass is 10.5. The Morgan fingerprint density at radius 1 is 1.56 bits per heavy atom. The predicted molar refractivity (Wildman–Crippen MR) is 54.4 cm³/mol. The highest BCUT2D eigenvalue weighted by molar-refractivity contribution is 7.46. The minimum Gasteiger partial charge on any atom is -0.354 e. The fourth-order valence-electron chi connectivity index (χ4n) is 0.963. The highest BCUT2D eigenvalue weighted by Gasteiger charge is 2.15. The zero-order valence-electron chi connectivity index (χ0n) is 7.81. The molecular formula is C7H7N2O5PS. The van der Waals surface area contributed by atoms with E-state index in [4.69, 9.17) is 14.3 Å². The number of thiazole rings is 1. The van der Waals surface area contributed by atoms with Crippen molar-refractivity contribution in [2.24, 2.45) is 0 Å². The van der Waals surface area contributed by atoms with Gasteiger partial charge in [0.25, 0.3) is 0 Å². The SMILES string of the molecule is O=P(O)(O)OCc1csc(-c2ccno2)n1. The molecule has 0 fully saturated rings. The van der Waals surface area contributed by atoms with Crippen LogP contribution in [0, 0.1) is 0 Å². The van der Waals surface area contributed by atoms with E-state index in [2.05, 4.69) is 14.7 Å². The van der Waals surface area contributed by atoms with Gasteiger partial charge in [0.15, 0.2) is 10.8 Å². The van der Waals surface area contributed by atoms with Crippen LogP contribution in [0.15, 0.2) is 22.2 Å². The summed E-state index contributed by atoms with van der Waals surface area (Å²) in [5.74, 6) is 0.507. The first-order valence-electron chi connectivity index (χ1n) is 4.10. The molecule has 2 aromatic heterocycles. The summed E-state index contributed by atoms with van der Waals surface area (Å²) in [5, 5.41) is 5.75. The summed E-state index contributed by atoms with van der Waals surface area (Å²) in [6.07, 6.45) is 1.49. The first-order valence-corrected chi connectivity index (χ1v) is 6.51. The summed E-state index contributed by atoms with van der Waals surface area (Å²) < 4.78 is 19.7. The second-order valence-electron chi connectivity index (χ2n) is 2.78. The van der Waals surface area contributed by atoms with Crippen LogP contribution in [0.1, 0.15) is 5.69 Å². The van der Waals surface area contributed by atoms with Crippen molar-refractivity contribution in [1.29, 1.82) is 0 Å². The summed E-state index contributed by atoms with van der Waals surface area (Å²) in [4.78, 5) is 21.1. The quantitative estimate of drug-likeness (QED) is 0.802. The van der Waals surface area contributed by atoms with Crippen LogP contribution in [-0.2, 0) is 15.7 Å². The summed E-state index contributed by atoms with van der Waals surface area (Å²) in [6, 6.07) is 1.65. The molecule has 86 valence electrons. The lowest BCUT2D eigenvalue weighted by Crippen LogP contribution is -1.90. The maximum Gasteiger partial charge on any atom is 0.469 e. The fourth-order valence-corrected chi connectivity index (χ4v) is 2.02. The van der Waals surface area contributed by atoms with Gasteiger partial charge in [0, 0.05) is 11.4 Å². The van der Waals surface area contributed by atoms with Gasteiger partial charge in [-0.3, -0.25) is 4.52 Å². The van der Waals surface area contributed by atoms with E-state index < -0.39 is 7.82 Å². The van der Waals surface area contributed by atoms with Crippen molar-refractivity contribution in [3.05, 3.63) is 23.3 Å². The standard InChI is InChI=1S/C7H7N2O5PS/c10-15(11,12)13-3-5-4-16-7(9-5)6-1-2-8-14-6/h1-2,4H,3H2,(H2,10,11,12).